The number of carbonyl (C=O) groups is 1. The van der Waals surface area contributed by atoms with Crippen molar-refractivity contribution in [1.82, 2.24) is 20.7 Å². The molecule has 1 rings (SSSR count). The van der Waals surface area contributed by atoms with Crippen LogP contribution >= 0.6 is 0 Å². The van der Waals surface area contributed by atoms with Crippen LogP contribution in [0, 0.1) is 0 Å². The molecule has 4 N–H and O–H groups in total. The minimum atomic E-state index is -1.01. The molecule has 0 spiro atoms. The molecule has 8 nitrogen and oxygen atoms in total. The van der Waals surface area contributed by atoms with Gasteiger partial charge in [-0.25, -0.2) is 10.6 Å². The molecule has 1 aromatic rings. The Morgan fingerprint density at radius 3 is 2.58 bits per heavy atom. The molecule has 0 fully saturated rings. The maximum atomic E-state index is 10.6. The molecule has 0 saturated carbocycles. The summed E-state index contributed by atoms with van der Waals surface area (Å²) in [4.78, 5) is 33.4. The number of carbonyl (C=O) groups excluding carboxylic acids is 1. The van der Waals surface area contributed by atoms with Crippen molar-refractivity contribution >= 4 is 5.91 Å². The molecule has 0 aliphatic carbocycles. The SMILES string of the molecule is O=C(NO)c1n[nH]c(=O)c(=O)[nH]1. The fourth-order valence-corrected chi connectivity index (χ4v) is 0.510. The summed E-state index contributed by atoms with van der Waals surface area (Å²) >= 11 is 0. The van der Waals surface area contributed by atoms with Crippen molar-refractivity contribution < 1.29 is 10.0 Å². The fourth-order valence-electron chi connectivity index (χ4n) is 0.510. The molecule has 0 aromatic carbocycles. The Hall–Kier alpha value is -1.96. The molecule has 0 unspecified atom stereocenters. The molecule has 1 amide bonds. The first-order valence-electron chi connectivity index (χ1n) is 2.78. The smallest absolute Gasteiger partial charge is 0.296 e. The summed E-state index contributed by atoms with van der Waals surface area (Å²) in [5, 5.41) is 13.0. The van der Waals surface area contributed by atoms with Gasteiger partial charge in [0, 0.05) is 0 Å². The van der Waals surface area contributed by atoms with Crippen molar-refractivity contribution in [2.75, 3.05) is 0 Å². The third kappa shape index (κ3) is 1.37. The zero-order chi connectivity index (χ0) is 9.14. The molecule has 0 saturated heterocycles. The van der Waals surface area contributed by atoms with Crippen LogP contribution in [0.25, 0.3) is 0 Å². The predicted molar refractivity (Wildman–Crippen MR) is 34.7 cm³/mol. The number of hydroxylamine groups is 1. The van der Waals surface area contributed by atoms with Crippen LogP contribution < -0.4 is 16.6 Å². The second-order valence-corrected chi connectivity index (χ2v) is 1.80. The van der Waals surface area contributed by atoms with Gasteiger partial charge in [0.2, 0.25) is 5.82 Å². The Kier molecular flexibility index (Phi) is 2.01. The van der Waals surface area contributed by atoms with Gasteiger partial charge in [-0.3, -0.25) is 24.6 Å². The van der Waals surface area contributed by atoms with E-state index in [9.17, 15) is 14.4 Å². The summed E-state index contributed by atoms with van der Waals surface area (Å²) in [5.41, 5.74) is -0.744. The molecule has 1 heterocycles. The summed E-state index contributed by atoms with van der Waals surface area (Å²) in [6.07, 6.45) is 0. The standard InChI is InChI=1S/C4H4N4O4/c9-2(8-12)1-5-3(10)4(11)7-6-1/h12H,(H,7,11)(H,8,9)(H,5,6,10). The number of aromatic amines is 2. The quantitative estimate of drug-likeness (QED) is 0.213. The minimum absolute atomic E-state index is 0.470. The Morgan fingerprint density at radius 2 is 2.08 bits per heavy atom. The first-order chi connectivity index (χ1) is 5.65. The number of H-pyrrole nitrogens is 2. The number of hydrogen-bond acceptors (Lipinski definition) is 5. The van der Waals surface area contributed by atoms with Crippen molar-refractivity contribution in [3.05, 3.63) is 26.5 Å². The molecule has 0 aliphatic rings. The first kappa shape index (κ1) is 8.14. The van der Waals surface area contributed by atoms with Crippen LogP contribution in [0.15, 0.2) is 9.59 Å². The van der Waals surface area contributed by atoms with Crippen molar-refractivity contribution in [3.63, 3.8) is 0 Å². The van der Waals surface area contributed by atoms with E-state index in [1.54, 1.807) is 5.10 Å². The van der Waals surface area contributed by atoms with Crippen LogP contribution in [0.3, 0.4) is 0 Å². The lowest BCUT2D eigenvalue weighted by Crippen LogP contribution is -2.35. The van der Waals surface area contributed by atoms with Crippen molar-refractivity contribution in [3.8, 4) is 0 Å². The van der Waals surface area contributed by atoms with E-state index in [1.807, 2.05) is 4.98 Å². The number of rotatable bonds is 1. The highest BCUT2D eigenvalue weighted by molar-refractivity contribution is 5.89. The highest BCUT2D eigenvalue weighted by Crippen LogP contribution is 1.76. The largest absolute Gasteiger partial charge is 0.329 e. The highest BCUT2D eigenvalue weighted by atomic mass is 16.5. The van der Waals surface area contributed by atoms with Crippen LogP contribution in [0.2, 0.25) is 0 Å². The topological polar surface area (TPSA) is 128 Å². The zero-order valence-corrected chi connectivity index (χ0v) is 5.62. The highest BCUT2D eigenvalue weighted by Gasteiger charge is 2.07. The predicted octanol–water partition coefficient (Wildman–Crippen LogP) is -2.42. The van der Waals surface area contributed by atoms with Gasteiger partial charge in [0.05, 0.1) is 0 Å². The number of aromatic nitrogens is 3. The average Bonchev–Trinajstić information content (AvgIpc) is 2.08. The molecule has 0 atom stereocenters. The van der Waals surface area contributed by atoms with Crippen LogP contribution in [0.4, 0.5) is 0 Å². The maximum absolute atomic E-state index is 10.6. The average molecular weight is 172 g/mol. The van der Waals surface area contributed by atoms with Gasteiger partial charge in [0.25, 0.3) is 0 Å². The Labute approximate surface area is 64.2 Å². The summed E-state index contributed by atoms with van der Waals surface area (Å²) in [7, 11) is 0. The van der Waals surface area contributed by atoms with E-state index >= 15 is 0 Å². The molecule has 12 heavy (non-hydrogen) atoms. The summed E-state index contributed by atoms with van der Waals surface area (Å²) in [5.74, 6) is -1.48. The molecule has 0 aliphatic heterocycles. The molecular formula is C4H4N4O4. The molecular weight excluding hydrogens is 168 g/mol. The van der Waals surface area contributed by atoms with Crippen LogP contribution in [-0.4, -0.2) is 26.3 Å². The molecule has 1 aromatic heterocycles. The van der Waals surface area contributed by atoms with E-state index in [0.29, 0.717) is 0 Å². The van der Waals surface area contributed by atoms with Crippen molar-refractivity contribution in [2.24, 2.45) is 0 Å². The lowest BCUT2D eigenvalue weighted by atomic mass is 10.6. The molecule has 8 heteroatoms. The third-order valence-electron chi connectivity index (χ3n) is 1.02. The van der Waals surface area contributed by atoms with Crippen LogP contribution in [0.5, 0.6) is 0 Å². The summed E-state index contributed by atoms with van der Waals surface area (Å²) < 4.78 is 0. The van der Waals surface area contributed by atoms with Gasteiger partial charge in [0.1, 0.15) is 0 Å². The van der Waals surface area contributed by atoms with Gasteiger partial charge in [-0.15, -0.1) is 5.10 Å². The molecule has 0 bridgehead atoms. The van der Waals surface area contributed by atoms with E-state index in [0.717, 1.165) is 0 Å². The Balaban J connectivity index is 3.23. The fraction of sp³-hybridized carbons (Fsp3) is 0. The molecule has 0 radical (unpaired) electrons. The van der Waals surface area contributed by atoms with Crippen LogP contribution in [-0.2, 0) is 0 Å². The van der Waals surface area contributed by atoms with Crippen LogP contribution in [0.1, 0.15) is 10.6 Å². The summed E-state index contributed by atoms with van der Waals surface area (Å²) in [6.45, 7) is 0. The third-order valence-corrected chi connectivity index (χ3v) is 1.02. The van der Waals surface area contributed by atoms with E-state index in [-0.39, 0.29) is 0 Å². The number of nitrogens with zero attached hydrogens (tertiary/aromatic N) is 1. The summed E-state index contributed by atoms with van der Waals surface area (Å²) in [6, 6.07) is 0. The van der Waals surface area contributed by atoms with Gasteiger partial charge in [-0.05, 0) is 0 Å². The number of amides is 1. The monoisotopic (exact) mass is 172 g/mol. The second-order valence-electron chi connectivity index (χ2n) is 1.80. The lowest BCUT2D eigenvalue weighted by Gasteiger charge is -1.93. The normalized spacial score (nSPS) is 9.42. The maximum Gasteiger partial charge on any atom is 0.329 e. The molecule has 64 valence electrons. The minimum Gasteiger partial charge on any atom is -0.296 e. The Morgan fingerprint density at radius 1 is 1.42 bits per heavy atom. The second kappa shape index (κ2) is 2.96. The van der Waals surface area contributed by atoms with Gasteiger partial charge < -0.3 is 0 Å². The van der Waals surface area contributed by atoms with Gasteiger partial charge >= 0.3 is 17.0 Å². The van der Waals surface area contributed by atoms with Gasteiger partial charge in [-0.1, -0.05) is 0 Å². The van der Waals surface area contributed by atoms with Crippen molar-refractivity contribution in [1.29, 1.82) is 0 Å². The zero-order valence-electron chi connectivity index (χ0n) is 5.62. The van der Waals surface area contributed by atoms with E-state index in [2.05, 4.69) is 5.10 Å². The van der Waals surface area contributed by atoms with E-state index in [1.165, 1.54) is 5.48 Å². The Bertz CT molecular complexity index is 404. The number of nitrogens with one attached hydrogen (secondary N) is 3. The number of hydrogen-bond donors (Lipinski definition) is 4. The van der Waals surface area contributed by atoms with E-state index in [4.69, 9.17) is 5.21 Å². The van der Waals surface area contributed by atoms with Crippen molar-refractivity contribution in [2.45, 2.75) is 0 Å². The van der Waals surface area contributed by atoms with Gasteiger partial charge in [-0.2, -0.15) is 0 Å². The first-order valence-corrected chi connectivity index (χ1v) is 2.78. The lowest BCUT2D eigenvalue weighted by molar-refractivity contribution is 0.0692. The van der Waals surface area contributed by atoms with E-state index < -0.39 is 22.9 Å². The van der Waals surface area contributed by atoms with Gasteiger partial charge in [0.15, 0.2) is 0 Å².